The monoisotopic (exact) mass is 457 g/mol. The first-order valence-electron chi connectivity index (χ1n) is 10.7. The Labute approximate surface area is 187 Å². The Bertz CT molecular complexity index is 1320. The van der Waals surface area contributed by atoms with Gasteiger partial charge in [0.1, 0.15) is 5.82 Å². The number of carbonyl (C=O) groups excluding carboxylic acids is 1. The maximum Gasteiger partial charge on any atom is 0.251 e. The summed E-state index contributed by atoms with van der Waals surface area (Å²) in [5.41, 5.74) is 9.15. The number of hydrogen-bond acceptors (Lipinski definition) is 3. The van der Waals surface area contributed by atoms with E-state index in [4.69, 9.17) is 5.73 Å². The molecule has 1 aliphatic carbocycles. The molecule has 1 fully saturated rings. The van der Waals surface area contributed by atoms with E-state index in [2.05, 4.69) is 9.29 Å². The quantitative estimate of drug-likeness (QED) is 0.557. The van der Waals surface area contributed by atoms with E-state index in [1.165, 1.54) is 6.07 Å². The second kappa shape index (κ2) is 7.62. The molecule has 4 rings (SSSR count). The molecular weight excluding hydrogens is 429 g/mol. The van der Waals surface area contributed by atoms with E-state index in [1.54, 1.807) is 58.0 Å². The van der Waals surface area contributed by atoms with E-state index in [9.17, 15) is 17.6 Å². The zero-order valence-electron chi connectivity index (χ0n) is 18.7. The maximum atomic E-state index is 14.4. The average Bonchev–Trinajstić information content (AvgIpc) is 2.94. The smallest absolute Gasteiger partial charge is 0.251 e. The predicted octanol–water partition coefficient (Wildman–Crippen LogP) is 5.12. The van der Waals surface area contributed by atoms with Gasteiger partial charge in [0.05, 0.1) is 21.5 Å². The van der Waals surface area contributed by atoms with Crippen molar-refractivity contribution >= 4 is 32.5 Å². The molecule has 8 heteroatoms. The van der Waals surface area contributed by atoms with Gasteiger partial charge in [0.15, 0.2) is 0 Å². The van der Waals surface area contributed by atoms with Crippen molar-refractivity contribution in [1.82, 2.24) is 4.57 Å². The van der Waals surface area contributed by atoms with Crippen LogP contribution < -0.4 is 10.5 Å². The van der Waals surface area contributed by atoms with Gasteiger partial charge in [-0.25, -0.2) is 12.8 Å². The molecule has 3 N–H and O–H groups in total. The number of amides is 1. The number of sulfonamides is 1. The summed E-state index contributed by atoms with van der Waals surface area (Å²) in [6.07, 6.45) is 3.02. The number of aromatic nitrogens is 1. The lowest BCUT2D eigenvalue weighted by molar-refractivity contribution is 0.100. The van der Waals surface area contributed by atoms with Crippen LogP contribution in [0.25, 0.3) is 22.2 Å². The van der Waals surface area contributed by atoms with Gasteiger partial charge in [-0.05, 0) is 82.3 Å². The number of halogens is 1. The Morgan fingerprint density at radius 3 is 2.28 bits per heavy atom. The lowest BCUT2D eigenvalue weighted by Gasteiger charge is -2.30. The number of nitrogens with two attached hydrogens (primary N) is 1. The summed E-state index contributed by atoms with van der Waals surface area (Å²) in [5.74, 6) is -1.01. The maximum absolute atomic E-state index is 14.4. The molecule has 0 bridgehead atoms. The minimum absolute atomic E-state index is 0.199. The van der Waals surface area contributed by atoms with Gasteiger partial charge in [0.2, 0.25) is 10.0 Å². The van der Waals surface area contributed by atoms with E-state index in [0.29, 0.717) is 22.3 Å². The third kappa shape index (κ3) is 3.66. The number of hydrogen-bond donors (Lipinski definition) is 2. The summed E-state index contributed by atoms with van der Waals surface area (Å²) >= 11 is 0. The summed E-state index contributed by atoms with van der Waals surface area (Å²) in [6, 6.07) is 10.2. The van der Waals surface area contributed by atoms with Gasteiger partial charge in [-0.15, -0.1) is 0 Å². The van der Waals surface area contributed by atoms with E-state index in [1.807, 2.05) is 0 Å². The van der Waals surface area contributed by atoms with Crippen LogP contribution in [0.15, 0.2) is 36.4 Å². The molecule has 6 nitrogen and oxygen atoms in total. The van der Waals surface area contributed by atoms with Crippen molar-refractivity contribution in [3.63, 3.8) is 0 Å². The second-order valence-corrected chi connectivity index (χ2v) is 11.9. The Kier molecular flexibility index (Phi) is 5.32. The highest BCUT2D eigenvalue weighted by Crippen LogP contribution is 2.43. The van der Waals surface area contributed by atoms with Crippen LogP contribution in [0.1, 0.15) is 62.0 Å². The van der Waals surface area contributed by atoms with Crippen molar-refractivity contribution in [2.24, 2.45) is 5.73 Å². The normalized spacial score (nSPS) is 15.0. The second-order valence-electron chi connectivity index (χ2n) is 9.46. The van der Waals surface area contributed by atoms with Gasteiger partial charge < -0.3 is 10.3 Å². The van der Waals surface area contributed by atoms with Crippen LogP contribution in [0.3, 0.4) is 0 Å². The van der Waals surface area contributed by atoms with Crippen LogP contribution in [0, 0.1) is 12.7 Å². The summed E-state index contributed by atoms with van der Waals surface area (Å²) in [7, 11) is -3.57. The summed E-state index contributed by atoms with van der Waals surface area (Å²) < 4.78 is 43.1. The number of primary amides is 1. The van der Waals surface area contributed by atoms with Crippen LogP contribution in [0.2, 0.25) is 0 Å². The molecule has 1 heterocycles. The van der Waals surface area contributed by atoms with Gasteiger partial charge in [0.25, 0.3) is 5.91 Å². The molecule has 1 aliphatic rings. The number of carbonyl (C=O) groups is 1. The molecule has 1 aromatic heterocycles. The highest BCUT2D eigenvalue weighted by molar-refractivity contribution is 7.94. The van der Waals surface area contributed by atoms with Crippen molar-refractivity contribution in [3.8, 4) is 11.3 Å². The van der Waals surface area contributed by atoms with Gasteiger partial charge in [0, 0.05) is 17.1 Å². The molecule has 170 valence electrons. The highest BCUT2D eigenvalue weighted by atomic mass is 32.2. The van der Waals surface area contributed by atoms with Crippen LogP contribution in [-0.2, 0) is 10.0 Å². The minimum atomic E-state index is -3.57. The molecule has 32 heavy (non-hydrogen) atoms. The highest BCUT2D eigenvalue weighted by Gasteiger charge is 2.31. The van der Waals surface area contributed by atoms with Gasteiger partial charge in [-0.1, -0.05) is 12.1 Å². The number of benzene rings is 2. The van der Waals surface area contributed by atoms with E-state index in [-0.39, 0.29) is 17.4 Å². The third-order valence-electron chi connectivity index (χ3n) is 6.19. The number of aryl methyl sites for hydroxylation is 1. The SMILES string of the molecule is Cc1cc2c(cc1F)c(C(N)=O)c(-c1ccc(NS(=O)(=O)C(C)(C)C)cc1)n2C1CCC1. The topological polar surface area (TPSA) is 94.2 Å². The zero-order chi connectivity index (χ0) is 23.4. The molecule has 3 aromatic rings. The van der Waals surface area contributed by atoms with Crippen molar-refractivity contribution in [2.75, 3.05) is 4.72 Å². The Hall–Kier alpha value is -2.87. The largest absolute Gasteiger partial charge is 0.366 e. The Balaban J connectivity index is 1.89. The van der Waals surface area contributed by atoms with E-state index >= 15 is 0 Å². The fourth-order valence-corrected chi connectivity index (χ4v) is 4.75. The molecule has 0 atom stereocenters. The lowest BCUT2D eigenvalue weighted by Crippen LogP contribution is -2.33. The third-order valence-corrected chi connectivity index (χ3v) is 8.30. The molecule has 1 amide bonds. The van der Waals surface area contributed by atoms with Crippen molar-refractivity contribution in [2.45, 2.75) is 57.7 Å². The zero-order valence-corrected chi connectivity index (χ0v) is 19.5. The van der Waals surface area contributed by atoms with Crippen molar-refractivity contribution in [3.05, 3.63) is 53.3 Å². The van der Waals surface area contributed by atoms with Crippen molar-refractivity contribution < 1.29 is 17.6 Å². The average molecular weight is 458 g/mol. The molecule has 0 unspecified atom stereocenters. The van der Waals surface area contributed by atoms with Crippen LogP contribution in [0.5, 0.6) is 0 Å². The first kappa shape index (κ1) is 22.3. The summed E-state index contributed by atoms with van der Waals surface area (Å²) in [4.78, 5) is 12.5. The molecule has 1 saturated carbocycles. The van der Waals surface area contributed by atoms with Crippen LogP contribution >= 0.6 is 0 Å². The summed E-state index contributed by atoms with van der Waals surface area (Å²) in [6.45, 7) is 6.58. The molecule has 2 aromatic carbocycles. The molecule has 0 aliphatic heterocycles. The predicted molar refractivity (Wildman–Crippen MR) is 126 cm³/mol. The molecule has 0 radical (unpaired) electrons. The molecule has 0 spiro atoms. The number of anilines is 1. The number of nitrogens with zero attached hydrogens (tertiary/aromatic N) is 1. The Morgan fingerprint density at radius 2 is 1.78 bits per heavy atom. The van der Waals surface area contributed by atoms with Crippen LogP contribution in [-0.4, -0.2) is 23.6 Å². The van der Waals surface area contributed by atoms with Gasteiger partial charge >= 0.3 is 0 Å². The standard InChI is InChI=1S/C24H28FN3O3S/c1-14-12-20-18(13-19(14)25)21(23(26)29)22(28(20)17-6-5-7-17)15-8-10-16(11-9-15)27-32(30,31)24(2,3)4/h8-13,17,27H,5-7H2,1-4H3,(H2,26,29). The summed E-state index contributed by atoms with van der Waals surface area (Å²) in [5, 5.41) is 0.500. The van der Waals surface area contributed by atoms with Crippen LogP contribution in [0.4, 0.5) is 10.1 Å². The van der Waals surface area contributed by atoms with E-state index in [0.717, 1.165) is 30.3 Å². The van der Waals surface area contributed by atoms with E-state index < -0.39 is 20.7 Å². The number of fused-ring (bicyclic) bond motifs is 1. The molecule has 0 saturated heterocycles. The lowest BCUT2D eigenvalue weighted by atomic mass is 9.92. The minimum Gasteiger partial charge on any atom is -0.366 e. The Morgan fingerprint density at radius 1 is 1.16 bits per heavy atom. The number of nitrogens with one attached hydrogen (secondary N) is 1. The fourth-order valence-electron chi connectivity index (χ4n) is 4.00. The van der Waals surface area contributed by atoms with Gasteiger partial charge in [-0.3, -0.25) is 9.52 Å². The molecular formula is C24H28FN3O3S. The van der Waals surface area contributed by atoms with Crippen molar-refractivity contribution in [1.29, 1.82) is 0 Å². The first-order valence-corrected chi connectivity index (χ1v) is 12.2. The fraction of sp³-hybridized carbons (Fsp3) is 0.375. The first-order chi connectivity index (χ1) is 14.9. The number of rotatable bonds is 5. The van der Waals surface area contributed by atoms with Gasteiger partial charge in [-0.2, -0.15) is 0 Å².